The van der Waals surface area contributed by atoms with Crippen LogP contribution in [0.5, 0.6) is 0 Å². The minimum atomic E-state index is -0.230. The monoisotopic (exact) mass is 454 g/mol. The molecule has 1 atom stereocenters. The van der Waals surface area contributed by atoms with Crippen LogP contribution in [0.1, 0.15) is 32.3 Å². The summed E-state index contributed by atoms with van der Waals surface area (Å²) >= 11 is 7.93. The summed E-state index contributed by atoms with van der Waals surface area (Å²) < 4.78 is 2.06. The Hall–Kier alpha value is -2.31. The number of amides is 1. The number of likely N-dealkylation sites (tertiary alicyclic amines) is 1. The molecule has 3 aromatic rings. The van der Waals surface area contributed by atoms with Crippen LogP contribution in [0.3, 0.4) is 0 Å². The van der Waals surface area contributed by atoms with Crippen LogP contribution in [0.4, 0.5) is 0 Å². The van der Waals surface area contributed by atoms with Crippen LogP contribution in [0, 0.1) is 5.92 Å². The summed E-state index contributed by atoms with van der Waals surface area (Å²) in [6.45, 7) is 6.50. The van der Waals surface area contributed by atoms with E-state index in [1.165, 1.54) is 11.8 Å². The third kappa shape index (κ3) is 5.13. The Balaban J connectivity index is 1.61. The van der Waals surface area contributed by atoms with E-state index in [9.17, 15) is 4.79 Å². The fourth-order valence-corrected chi connectivity index (χ4v) is 4.97. The van der Waals surface area contributed by atoms with Gasteiger partial charge in [-0.05, 0) is 43.4 Å². The molecule has 1 saturated heterocycles. The van der Waals surface area contributed by atoms with Crippen LogP contribution in [0.2, 0.25) is 5.02 Å². The summed E-state index contributed by atoms with van der Waals surface area (Å²) in [5, 5.41) is 10.0. The van der Waals surface area contributed by atoms with Crippen LogP contribution in [0.25, 0.3) is 11.4 Å². The molecule has 1 fully saturated rings. The first-order chi connectivity index (χ1) is 15.0. The summed E-state index contributed by atoms with van der Waals surface area (Å²) in [7, 11) is 0. The summed E-state index contributed by atoms with van der Waals surface area (Å²) in [5.41, 5.74) is 1.98. The van der Waals surface area contributed by atoms with E-state index in [1.807, 2.05) is 54.3 Å². The molecule has 0 bridgehead atoms. The van der Waals surface area contributed by atoms with Crippen molar-refractivity contribution in [3.05, 3.63) is 65.2 Å². The molecule has 0 aliphatic carbocycles. The molecule has 1 unspecified atom stereocenters. The van der Waals surface area contributed by atoms with E-state index < -0.39 is 0 Å². The average molecular weight is 455 g/mol. The molecule has 4 rings (SSSR count). The van der Waals surface area contributed by atoms with Gasteiger partial charge in [-0.3, -0.25) is 9.36 Å². The lowest BCUT2D eigenvalue weighted by Crippen LogP contribution is -2.41. The Bertz CT molecular complexity index is 1030. The zero-order valence-corrected chi connectivity index (χ0v) is 19.4. The number of carbonyl (C=O) groups is 1. The number of nitrogens with zero attached hydrogens (tertiary/aromatic N) is 4. The summed E-state index contributed by atoms with van der Waals surface area (Å²) in [6.07, 6.45) is 2.15. The van der Waals surface area contributed by atoms with Crippen molar-refractivity contribution in [2.75, 3.05) is 13.1 Å². The quantitative estimate of drug-likeness (QED) is 0.469. The largest absolute Gasteiger partial charge is 0.342 e. The first kappa shape index (κ1) is 21.9. The van der Waals surface area contributed by atoms with Crippen molar-refractivity contribution >= 4 is 29.3 Å². The Morgan fingerprint density at radius 1 is 1.10 bits per heavy atom. The third-order valence-electron chi connectivity index (χ3n) is 5.74. The molecule has 2 heterocycles. The number of halogens is 1. The van der Waals surface area contributed by atoms with Crippen molar-refractivity contribution in [3.8, 4) is 11.4 Å². The van der Waals surface area contributed by atoms with Crippen LogP contribution in [0.15, 0.2) is 59.8 Å². The molecule has 0 saturated carbocycles. The van der Waals surface area contributed by atoms with Crippen LogP contribution >= 0.6 is 23.4 Å². The predicted octanol–water partition coefficient (Wildman–Crippen LogP) is 5.39. The summed E-state index contributed by atoms with van der Waals surface area (Å²) in [5.74, 6) is 1.58. The Labute approximate surface area is 192 Å². The van der Waals surface area contributed by atoms with Crippen LogP contribution in [-0.2, 0) is 11.3 Å². The van der Waals surface area contributed by atoms with Gasteiger partial charge in [0.2, 0.25) is 5.91 Å². The van der Waals surface area contributed by atoms with Crippen molar-refractivity contribution < 1.29 is 4.79 Å². The van der Waals surface area contributed by atoms with Crippen LogP contribution in [-0.4, -0.2) is 43.9 Å². The highest BCUT2D eigenvalue weighted by molar-refractivity contribution is 8.00. The first-order valence-corrected chi connectivity index (χ1v) is 12.0. The predicted molar refractivity (Wildman–Crippen MR) is 126 cm³/mol. The van der Waals surface area contributed by atoms with Gasteiger partial charge in [-0.1, -0.05) is 72.8 Å². The maximum absolute atomic E-state index is 13.0. The van der Waals surface area contributed by atoms with Crippen molar-refractivity contribution in [1.29, 1.82) is 0 Å². The fourth-order valence-electron chi connectivity index (χ4n) is 3.82. The molecular formula is C24H27ClN4OS. The third-order valence-corrected chi connectivity index (χ3v) is 7.14. The van der Waals surface area contributed by atoms with Gasteiger partial charge in [0.1, 0.15) is 0 Å². The fraction of sp³-hybridized carbons (Fsp3) is 0.375. The highest BCUT2D eigenvalue weighted by Crippen LogP contribution is 2.32. The number of rotatable bonds is 6. The number of hydrogen-bond acceptors (Lipinski definition) is 4. The zero-order chi connectivity index (χ0) is 21.8. The lowest BCUT2D eigenvalue weighted by molar-refractivity contribution is -0.131. The van der Waals surface area contributed by atoms with Crippen molar-refractivity contribution in [2.45, 2.75) is 43.6 Å². The topological polar surface area (TPSA) is 51.0 Å². The Kier molecular flexibility index (Phi) is 6.98. The molecule has 1 aromatic heterocycles. The minimum absolute atomic E-state index is 0.172. The van der Waals surface area contributed by atoms with Crippen LogP contribution < -0.4 is 0 Å². The van der Waals surface area contributed by atoms with Gasteiger partial charge in [0, 0.05) is 18.7 Å². The minimum Gasteiger partial charge on any atom is -0.342 e. The molecule has 7 heteroatoms. The molecule has 1 aliphatic rings. The van der Waals surface area contributed by atoms with E-state index in [4.69, 9.17) is 11.6 Å². The van der Waals surface area contributed by atoms with Crippen molar-refractivity contribution in [2.24, 2.45) is 5.92 Å². The number of piperidine rings is 1. The number of benzene rings is 2. The SMILES string of the molecule is CC1CCN(C(=O)C(C)Sc2nnc(-c3ccccc3Cl)n2Cc2ccccc2)CC1. The smallest absolute Gasteiger partial charge is 0.235 e. The van der Waals surface area contributed by atoms with Gasteiger partial charge in [-0.2, -0.15) is 0 Å². The Morgan fingerprint density at radius 2 is 1.77 bits per heavy atom. The first-order valence-electron chi connectivity index (χ1n) is 10.7. The summed E-state index contributed by atoms with van der Waals surface area (Å²) in [6, 6.07) is 17.8. The molecule has 1 amide bonds. The maximum Gasteiger partial charge on any atom is 0.235 e. The van der Waals surface area contributed by atoms with E-state index in [1.54, 1.807) is 0 Å². The van der Waals surface area contributed by atoms with E-state index in [-0.39, 0.29) is 11.2 Å². The van der Waals surface area contributed by atoms with Gasteiger partial charge in [0.05, 0.1) is 16.8 Å². The van der Waals surface area contributed by atoms with Crippen molar-refractivity contribution in [1.82, 2.24) is 19.7 Å². The lowest BCUT2D eigenvalue weighted by atomic mass is 9.99. The Morgan fingerprint density at radius 3 is 2.48 bits per heavy atom. The van der Waals surface area contributed by atoms with E-state index >= 15 is 0 Å². The van der Waals surface area contributed by atoms with Gasteiger partial charge < -0.3 is 4.90 Å². The molecule has 31 heavy (non-hydrogen) atoms. The number of carbonyl (C=O) groups excluding carboxylic acids is 1. The second kappa shape index (κ2) is 9.88. The zero-order valence-electron chi connectivity index (χ0n) is 17.9. The van der Waals surface area contributed by atoms with Gasteiger partial charge in [0.15, 0.2) is 11.0 Å². The normalized spacial score (nSPS) is 15.8. The molecule has 162 valence electrons. The standard InChI is InChI=1S/C24H27ClN4OS/c1-17-12-14-28(15-13-17)23(30)18(2)31-24-27-26-22(20-10-6-7-11-21(20)25)29(24)16-19-8-4-3-5-9-19/h3-11,17-18H,12-16H2,1-2H3. The number of aromatic nitrogens is 3. The average Bonchev–Trinajstić information content (AvgIpc) is 3.16. The number of thioether (sulfide) groups is 1. The second-order valence-electron chi connectivity index (χ2n) is 8.13. The maximum atomic E-state index is 13.0. The van der Waals surface area contributed by atoms with Gasteiger partial charge in [0.25, 0.3) is 0 Å². The highest BCUT2D eigenvalue weighted by atomic mass is 35.5. The highest BCUT2D eigenvalue weighted by Gasteiger charge is 2.27. The van der Waals surface area contributed by atoms with Gasteiger partial charge >= 0.3 is 0 Å². The lowest BCUT2D eigenvalue weighted by Gasteiger charge is -2.32. The molecule has 5 nitrogen and oxygen atoms in total. The summed E-state index contributed by atoms with van der Waals surface area (Å²) in [4.78, 5) is 15.0. The number of hydrogen-bond donors (Lipinski definition) is 0. The van der Waals surface area contributed by atoms with E-state index in [2.05, 4.69) is 33.8 Å². The van der Waals surface area contributed by atoms with Gasteiger partial charge in [-0.15, -0.1) is 10.2 Å². The van der Waals surface area contributed by atoms with E-state index in [0.717, 1.165) is 42.2 Å². The van der Waals surface area contributed by atoms with Crippen molar-refractivity contribution in [3.63, 3.8) is 0 Å². The molecule has 2 aromatic carbocycles. The molecule has 0 radical (unpaired) electrons. The van der Waals surface area contributed by atoms with E-state index in [0.29, 0.717) is 23.3 Å². The molecular weight excluding hydrogens is 428 g/mol. The van der Waals surface area contributed by atoms with Gasteiger partial charge in [-0.25, -0.2) is 0 Å². The molecule has 1 aliphatic heterocycles. The molecule has 0 N–H and O–H groups in total. The molecule has 0 spiro atoms. The second-order valence-corrected chi connectivity index (χ2v) is 9.84.